The second kappa shape index (κ2) is 5.00. The zero-order chi connectivity index (χ0) is 14.3. The molecule has 20 heavy (non-hydrogen) atoms. The molecular formula is C15H9Cl2FN2. The number of rotatable bonds is 1. The van der Waals surface area contributed by atoms with Gasteiger partial charge in [0.2, 0.25) is 0 Å². The molecule has 0 N–H and O–H groups in total. The van der Waals surface area contributed by atoms with E-state index < -0.39 is 0 Å². The molecule has 2 nitrogen and oxygen atoms in total. The van der Waals surface area contributed by atoms with E-state index in [1.807, 2.05) is 6.92 Å². The van der Waals surface area contributed by atoms with E-state index >= 15 is 0 Å². The van der Waals surface area contributed by atoms with Gasteiger partial charge in [0.15, 0.2) is 5.82 Å². The molecule has 0 aliphatic heterocycles. The molecule has 0 radical (unpaired) electrons. The second-order valence-electron chi connectivity index (χ2n) is 4.46. The van der Waals surface area contributed by atoms with Gasteiger partial charge in [0.1, 0.15) is 11.0 Å². The molecule has 3 aromatic rings. The van der Waals surface area contributed by atoms with Crippen molar-refractivity contribution < 1.29 is 4.39 Å². The van der Waals surface area contributed by atoms with Gasteiger partial charge in [-0.2, -0.15) is 0 Å². The van der Waals surface area contributed by atoms with E-state index in [9.17, 15) is 4.39 Å². The average Bonchev–Trinajstić information content (AvgIpc) is 2.41. The molecule has 1 aromatic heterocycles. The van der Waals surface area contributed by atoms with Gasteiger partial charge in [-0.15, -0.1) is 0 Å². The third-order valence-corrected chi connectivity index (χ3v) is 3.58. The van der Waals surface area contributed by atoms with Crippen molar-refractivity contribution in [3.63, 3.8) is 0 Å². The first-order valence-corrected chi connectivity index (χ1v) is 6.69. The summed E-state index contributed by atoms with van der Waals surface area (Å²) in [6, 6.07) is 9.69. The van der Waals surface area contributed by atoms with E-state index in [0.717, 1.165) is 5.56 Å². The van der Waals surface area contributed by atoms with Gasteiger partial charge in [-0.25, -0.2) is 14.4 Å². The van der Waals surface area contributed by atoms with E-state index in [4.69, 9.17) is 23.2 Å². The Morgan fingerprint density at radius 3 is 2.60 bits per heavy atom. The van der Waals surface area contributed by atoms with E-state index in [1.165, 1.54) is 12.1 Å². The molecule has 0 atom stereocenters. The topological polar surface area (TPSA) is 25.8 Å². The zero-order valence-electron chi connectivity index (χ0n) is 10.5. The van der Waals surface area contributed by atoms with E-state index in [0.29, 0.717) is 32.5 Å². The predicted molar refractivity (Wildman–Crippen MR) is 79.7 cm³/mol. The van der Waals surface area contributed by atoms with Crippen LogP contribution in [-0.4, -0.2) is 9.97 Å². The van der Waals surface area contributed by atoms with Gasteiger partial charge < -0.3 is 0 Å². The molecule has 100 valence electrons. The highest BCUT2D eigenvalue weighted by Crippen LogP contribution is 2.28. The fourth-order valence-corrected chi connectivity index (χ4v) is 2.43. The minimum atomic E-state index is -0.337. The van der Waals surface area contributed by atoms with Gasteiger partial charge in [-0.3, -0.25) is 0 Å². The number of nitrogens with zero attached hydrogens (tertiary/aromatic N) is 2. The minimum absolute atomic E-state index is 0.324. The summed E-state index contributed by atoms with van der Waals surface area (Å²) in [5.74, 6) is 0.0540. The summed E-state index contributed by atoms with van der Waals surface area (Å²) in [4.78, 5) is 8.67. The quantitative estimate of drug-likeness (QED) is 0.588. The summed E-state index contributed by atoms with van der Waals surface area (Å²) in [5.41, 5.74) is 2.13. The van der Waals surface area contributed by atoms with Crippen molar-refractivity contribution in [2.45, 2.75) is 6.92 Å². The number of fused-ring (bicyclic) bond motifs is 1. The maximum absolute atomic E-state index is 13.4. The SMILES string of the molecule is Cc1ccc(F)cc1-c1nc(Cl)c2ccc(Cl)cc2n1. The van der Waals surface area contributed by atoms with Crippen molar-refractivity contribution in [1.82, 2.24) is 9.97 Å². The lowest BCUT2D eigenvalue weighted by Crippen LogP contribution is -1.94. The Hall–Kier alpha value is -1.71. The number of hydrogen-bond donors (Lipinski definition) is 0. The molecule has 0 fully saturated rings. The number of halogens is 3. The van der Waals surface area contributed by atoms with Gasteiger partial charge in [0, 0.05) is 16.0 Å². The minimum Gasteiger partial charge on any atom is -0.228 e. The molecule has 0 saturated carbocycles. The van der Waals surface area contributed by atoms with Gasteiger partial charge in [0.25, 0.3) is 0 Å². The fraction of sp³-hybridized carbons (Fsp3) is 0.0667. The number of aryl methyl sites for hydroxylation is 1. The Morgan fingerprint density at radius 1 is 1.00 bits per heavy atom. The van der Waals surface area contributed by atoms with Gasteiger partial charge in [-0.05, 0) is 42.8 Å². The van der Waals surface area contributed by atoms with Crippen molar-refractivity contribution in [2.24, 2.45) is 0 Å². The van der Waals surface area contributed by atoms with Crippen molar-refractivity contribution in [3.8, 4) is 11.4 Å². The number of benzene rings is 2. The van der Waals surface area contributed by atoms with Crippen LogP contribution in [0.1, 0.15) is 5.56 Å². The molecule has 0 bridgehead atoms. The monoisotopic (exact) mass is 306 g/mol. The Bertz CT molecular complexity index is 818. The fourth-order valence-electron chi connectivity index (χ4n) is 2.02. The van der Waals surface area contributed by atoms with Crippen LogP contribution in [0.15, 0.2) is 36.4 Å². The van der Waals surface area contributed by atoms with E-state index in [-0.39, 0.29) is 5.82 Å². The molecule has 3 rings (SSSR count). The molecule has 0 aliphatic carbocycles. The first-order valence-electron chi connectivity index (χ1n) is 5.94. The Morgan fingerprint density at radius 2 is 1.80 bits per heavy atom. The molecular weight excluding hydrogens is 298 g/mol. The summed E-state index contributed by atoms with van der Waals surface area (Å²) < 4.78 is 13.4. The third-order valence-electron chi connectivity index (χ3n) is 3.05. The van der Waals surface area contributed by atoms with Crippen molar-refractivity contribution in [2.75, 3.05) is 0 Å². The highest BCUT2D eigenvalue weighted by atomic mass is 35.5. The molecule has 2 aromatic carbocycles. The van der Waals surface area contributed by atoms with E-state index in [2.05, 4.69) is 9.97 Å². The van der Waals surface area contributed by atoms with Crippen LogP contribution in [0.3, 0.4) is 0 Å². The van der Waals surface area contributed by atoms with Crippen LogP contribution in [-0.2, 0) is 0 Å². The highest BCUT2D eigenvalue weighted by Gasteiger charge is 2.11. The summed E-state index contributed by atoms with van der Waals surface area (Å²) in [6.45, 7) is 1.87. The van der Waals surface area contributed by atoms with Crippen LogP contribution in [0.5, 0.6) is 0 Å². The van der Waals surface area contributed by atoms with Gasteiger partial charge >= 0.3 is 0 Å². The van der Waals surface area contributed by atoms with Crippen LogP contribution >= 0.6 is 23.2 Å². The molecule has 0 saturated heterocycles. The molecule has 5 heteroatoms. The van der Waals surface area contributed by atoms with Gasteiger partial charge in [-0.1, -0.05) is 29.3 Å². The van der Waals surface area contributed by atoms with Crippen LogP contribution in [0.2, 0.25) is 10.2 Å². The molecule has 0 aliphatic rings. The van der Waals surface area contributed by atoms with Crippen LogP contribution in [0.4, 0.5) is 4.39 Å². The largest absolute Gasteiger partial charge is 0.228 e. The summed E-state index contributed by atoms with van der Waals surface area (Å²) in [6.07, 6.45) is 0. The van der Waals surface area contributed by atoms with Crippen LogP contribution in [0, 0.1) is 12.7 Å². The lowest BCUT2D eigenvalue weighted by Gasteiger charge is -2.07. The van der Waals surface area contributed by atoms with Crippen molar-refractivity contribution >= 4 is 34.1 Å². The standard InChI is InChI=1S/C15H9Cl2FN2/c1-8-2-4-10(18)7-12(8)15-19-13-6-9(16)3-5-11(13)14(17)20-15/h2-7H,1H3. The summed E-state index contributed by atoms with van der Waals surface area (Å²) in [7, 11) is 0. The smallest absolute Gasteiger partial charge is 0.161 e. The number of hydrogen-bond acceptors (Lipinski definition) is 2. The first-order chi connectivity index (χ1) is 9.54. The highest BCUT2D eigenvalue weighted by molar-refractivity contribution is 6.35. The van der Waals surface area contributed by atoms with Gasteiger partial charge in [0.05, 0.1) is 5.52 Å². The molecule has 0 amide bonds. The summed E-state index contributed by atoms with van der Waals surface area (Å²) >= 11 is 12.1. The number of aromatic nitrogens is 2. The van der Waals surface area contributed by atoms with Crippen LogP contribution < -0.4 is 0 Å². The third kappa shape index (κ3) is 2.35. The Kier molecular flexibility index (Phi) is 3.32. The van der Waals surface area contributed by atoms with Crippen molar-refractivity contribution in [1.29, 1.82) is 0 Å². The molecule has 0 spiro atoms. The van der Waals surface area contributed by atoms with Crippen LogP contribution in [0.25, 0.3) is 22.3 Å². The van der Waals surface area contributed by atoms with E-state index in [1.54, 1.807) is 24.3 Å². The predicted octanol–water partition coefficient (Wildman–Crippen LogP) is 5.05. The Labute approximate surface area is 125 Å². The lowest BCUT2D eigenvalue weighted by atomic mass is 10.1. The normalized spacial score (nSPS) is 11.0. The molecule has 1 heterocycles. The lowest BCUT2D eigenvalue weighted by molar-refractivity contribution is 0.628. The Balaban J connectivity index is 2.29. The first kappa shape index (κ1) is 13.3. The van der Waals surface area contributed by atoms with Crippen molar-refractivity contribution in [3.05, 3.63) is 58.0 Å². The maximum Gasteiger partial charge on any atom is 0.161 e. The summed E-state index contributed by atoms with van der Waals surface area (Å²) in [5, 5.41) is 1.60. The maximum atomic E-state index is 13.4. The average molecular weight is 307 g/mol. The zero-order valence-corrected chi connectivity index (χ0v) is 12.0. The second-order valence-corrected chi connectivity index (χ2v) is 5.25. The molecule has 0 unspecified atom stereocenters.